The van der Waals surface area contributed by atoms with Gasteiger partial charge in [-0.3, -0.25) is 9.78 Å². The first-order valence-electron chi connectivity index (χ1n) is 10.1. The molecule has 3 saturated carbocycles. The quantitative estimate of drug-likeness (QED) is 0.614. The second kappa shape index (κ2) is 7.01. The number of hydrogen-bond acceptors (Lipinski definition) is 6. The second-order valence-corrected chi connectivity index (χ2v) is 8.28. The van der Waals surface area contributed by atoms with E-state index in [0.29, 0.717) is 33.3 Å². The Kier molecular flexibility index (Phi) is 4.39. The number of amides is 1. The highest BCUT2D eigenvalue weighted by molar-refractivity contribution is 6.08. The molecule has 8 heteroatoms. The zero-order chi connectivity index (χ0) is 21.8. The smallest absolute Gasteiger partial charge is 0.356 e. The zero-order valence-electron chi connectivity index (χ0n) is 17.2. The van der Waals surface area contributed by atoms with E-state index < -0.39 is 11.8 Å². The Labute approximate surface area is 178 Å². The van der Waals surface area contributed by atoms with E-state index in [-0.39, 0.29) is 17.1 Å². The number of rotatable bonds is 5. The lowest BCUT2D eigenvalue weighted by molar-refractivity contribution is 0.00220. The van der Waals surface area contributed by atoms with E-state index in [9.17, 15) is 14.0 Å². The van der Waals surface area contributed by atoms with E-state index in [1.54, 1.807) is 19.2 Å². The number of carbonyl (C=O) groups excluding carboxylic acids is 2. The van der Waals surface area contributed by atoms with Crippen LogP contribution in [0.2, 0.25) is 0 Å². The molecule has 31 heavy (non-hydrogen) atoms. The van der Waals surface area contributed by atoms with Gasteiger partial charge in [0.15, 0.2) is 0 Å². The number of carbonyl (C=O) groups is 2. The van der Waals surface area contributed by atoms with Crippen LogP contribution >= 0.6 is 0 Å². The molecule has 0 spiro atoms. The molecule has 7 nitrogen and oxygen atoms in total. The number of halogens is 1. The van der Waals surface area contributed by atoms with Crippen molar-refractivity contribution in [1.82, 2.24) is 15.3 Å². The van der Waals surface area contributed by atoms with Crippen LogP contribution < -0.4 is 10.6 Å². The van der Waals surface area contributed by atoms with Crippen molar-refractivity contribution in [2.45, 2.75) is 24.8 Å². The van der Waals surface area contributed by atoms with Crippen molar-refractivity contribution >= 4 is 28.5 Å². The van der Waals surface area contributed by atoms with E-state index in [1.165, 1.54) is 31.6 Å². The summed E-state index contributed by atoms with van der Waals surface area (Å²) in [5, 5.41) is 6.90. The number of ether oxygens (including phenoxy) is 1. The minimum Gasteiger partial charge on any atom is -0.464 e. The van der Waals surface area contributed by atoms with Crippen LogP contribution in [0.15, 0.2) is 36.7 Å². The van der Waals surface area contributed by atoms with Crippen LogP contribution in [0.1, 0.15) is 40.1 Å². The lowest BCUT2D eigenvalue weighted by atomic mass is 9.50. The van der Waals surface area contributed by atoms with Crippen molar-refractivity contribution in [2.24, 2.45) is 5.92 Å². The summed E-state index contributed by atoms with van der Waals surface area (Å²) < 4.78 is 19.6. The first-order chi connectivity index (χ1) is 14.9. The third-order valence-electron chi connectivity index (χ3n) is 6.33. The molecule has 1 aromatic carbocycles. The average Bonchev–Trinajstić information content (AvgIpc) is 2.73. The van der Waals surface area contributed by atoms with Crippen LogP contribution in [0.4, 0.5) is 10.1 Å². The molecule has 0 radical (unpaired) electrons. The maximum atomic E-state index is 15.0. The van der Waals surface area contributed by atoms with Crippen LogP contribution in [0, 0.1) is 11.7 Å². The molecule has 3 aliphatic rings. The highest BCUT2D eigenvalue weighted by atomic mass is 19.1. The summed E-state index contributed by atoms with van der Waals surface area (Å²) in [4.78, 5) is 32.6. The Bertz CT molecular complexity index is 1210. The van der Waals surface area contributed by atoms with E-state index in [4.69, 9.17) is 0 Å². The minimum absolute atomic E-state index is 0.0139. The number of nitrogens with zero attached hydrogens (tertiary/aromatic N) is 2. The SMILES string of the molecule is CNC(=O)c1cnc2cc(F)c(-c3ccc(C(=O)OC)nc3)cc2c1NC12CC(C1)C2. The number of pyridine rings is 2. The van der Waals surface area contributed by atoms with Crippen molar-refractivity contribution < 1.29 is 18.7 Å². The minimum atomic E-state index is -0.560. The monoisotopic (exact) mass is 420 g/mol. The fraction of sp³-hybridized carbons (Fsp3) is 0.304. The fourth-order valence-electron chi connectivity index (χ4n) is 4.55. The predicted molar refractivity (Wildman–Crippen MR) is 113 cm³/mol. The summed E-state index contributed by atoms with van der Waals surface area (Å²) in [6, 6.07) is 6.16. The summed E-state index contributed by atoms with van der Waals surface area (Å²) in [5.41, 5.74) is 2.53. The number of benzene rings is 1. The summed E-state index contributed by atoms with van der Waals surface area (Å²) in [6.45, 7) is 0. The summed E-state index contributed by atoms with van der Waals surface area (Å²) in [5.74, 6) is -0.512. The van der Waals surface area contributed by atoms with Gasteiger partial charge in [-0.1, -0.05) is 6.07 Å². The van der Waals surface area contributed by atoms with Crippen LogP contribution in [-0.4, -0.2) is 41.5 Å². The Balaban J connectivity index is 1.64. The number of fused-ring (bicyclic) bond motifs is 1. The fourth-order valence-corrected chi connectivity index (χ4v) is 4.55. The van der Waals surface area contributed by atoms with Gasteiger partial charge < -0.3 is 15.4 Å². The van der Waals surface area contributed by atoms with E-state index in [2.05, 4.69) is 25.3 Å². The highest BCUT2D eigenvalue weighted by Gasteiger charge is 2.56. The lowest BCUT2D eigenvalue weighted by Crippen LogP contribution is -2.63. The number of nitrogens with one attached hydrogen (secondary N) is 2. The topological polar surface area (TPSA) is 93.2 Å². The molecular formula is C23H21FN4O3. The molecule has 2 bridgehead atoms. The predicted octanol–water partition coefficient (Wildman–Crippen LogP) is 3.55. The summed E-state index contributed by atoms with van der Waals surface area (Å²) in [6.07, 6.45) is 6.16. The van der Waals surface area contributed by atoms with Gasteiger partial charge in [-0.15, -0.1) is 0 Å². The Morgan fingerprint density at radius 1 is 1.16 bits per heavy atom. The number of methoxy groups -OCH3 is 1. The largest absolute Gasteiger partial charge is 0.464 e. The van der Waals surface area contributed by atoms with Crippen LogP contribution in [0.5, 0.6) is 0 Å². The third-order valence-corrected chi connectivity index (χ3v) is 6.33. The van der Waals surface area contributed by atoms with E-state index in [0.717, 1.165) is 25.2 Å². The Morgan fingerprint density at radius 2 is 1.94 bits per heavy atom. The molecule has 3 aliphatic carbocycles. The summed E-state index contributed by atoms with van der Waals surface area (Å²) in [7, 11) is 2.85. The molecule has 2 aromatic heterocycles. The molecule has 0 saturated heterocycles. The van der Waals surface area contributed by atoms with Gasteiger partial charge in [0.2, 0.25) is 0 Å². The van der Waals surface area contributed by atoms with Gasteiger partial charge >= 0.3 is 5.97 Å². The number of hydrogen-bond donors (Lipinski definition) is 2. The maximum Gasteiger partial charge on any atom is 0.356 e. The van der Waals surface area contributed by atoms with Gasteiger partial charge in [0.1, 0.15) is 11.5 Å². The first-order valence-corrected chi connectivity index (χ1v) is 10.1. The molecule has 0 atom stereocenters. The molecule has 3 fully saturated rings. The van der Waals surface area contributed by atoms with Gasteiger partial charge in [0.05, 0.1) is 23.9 Å². The molecule has 1 amide bonds. The molecule has 0 unspecified atom stereocenters. The second-order valence-electron chi connectivity index (χ2n) is 8.28. The lowest BCUT2D eigenvalue weighted by Gasteiger charge is -2.62. The van der Waals surface area contributed by atoms with Crippen molar-refractivity contribution in [1.29, 1.82) is 0 Å². The molecule has 0 aliphatic heterocycles. The van der Waals surface area contributed by atoms with Crippen LogP contribution in [-0.2, 0) is 4.74 Å². The van der Waals surface area contributed by atoms with E-state index >= 15 is 0 Å². The third kappa shape index (κ3) is 3.10. The van der Waals surface area contributed by atoms with Crippen molar-refractivity contribution in [3.8, 4) is 11.1 Å². The number of esters is 1. The van der Waals surface area contributed by atoms with E-state index in [1.807, 2.05) is 0 Å². The molecule has 158 valence electrons. The molecular weight excluding hydrogens is 399 g/mol. The highest BCUT2D eigenvalue weighted by Crippen LogP contribution is 2.59. The zero-order valence-corrected chi connectivity index (χ0v) is 17.2. The van der Waals surface area contributed by atoms with Gasteiger partial charge in [-0.25, -0.2) is 14.2 Å². The van der Waals surface area contributed by atoms with Crippen LogP contribution in [0.3, 0.4) is 0 Å². The van der Waals surface area contributed by atoms with Crippen molar-refractivity contribution in [2.75, 3.05) is 19.5 Å². The molecule has 2 N–H and O–H groups in total. The number of aromatic nitrogens is 2. The molecule has 2 heterocycles. The number of anilines is 1. The van der Waals surface area contributed by atoms with Crippen LogP contribution in [0.25, 0.3) is 22.0 Å². The molecule has 6 rings (SSSR count). The van der Waals surface area contributed by atoms with Gasteiger partial charge in [0.25, 0.3) is 5.91 Å². The Hall–Kier alpha value is -3.55. The first kappa shape index (κ1) is 19.4. The molecule has 3 aromatic rings. The summed E-state index contributed by atoms with van der Waals surface area (Å²) >= 11 is 0. The van der Waals surface area contributed by atoms with Gasteiger partial charge in [0, 0.05) is 47.6 Å². The normalized spacial score (nSPS) is 21.1. The van der Waals surface area contributed by atoms with Gasteiger partial charge in [-0.05, 0) is 37.3 Å². The Morgan fingerprint density at radius 3 is 2.52 bits per heavy atom. The van der Waals surface area contributed by atoms with Crippen molar-refractivity contribution in [3.63, 3.8) is 0 Å². The van der Waals surface area contributed by atoms with Gasteiger partial charge in [-0.2, -0.15) is 0 Å². The van der Waals surface area contributed by atoms with Crippen molar-refractivity contribution in [3.05, 3.63) is 53.7 Å². The standard InChI is InChI=1S/C23H21FN4O3/c1-25-21(29)16-11-27-19-6-17(24)14(13-3-4-18(26-10-13)22(30)31-2)5-15(19)20(16)28-23-7-12(8-23)9-23/h3-6,10-12H,7-9H2,1-2H3,(H,25,29)(H,27,28). The average molecular weight is 420 g/mol. The maximum absolute atomic E-state index is 15.0.